The van der Waals surface area contributed by atoms with E-state index in [9.17, 15) is 14.9 Å². The standard InChI is InChI=1S/C14H15NO5.C2H6/c1-3-5-12(4-2)14(16)20-13-8-6-11(7-9-13)10-19-15(17)18;1-2/h3-9H,10H2,1-2H3;1-2H3/b5-3-,12-4+;. The molecule has 0 saturated heterocycles. The van der Waals surface area contributed by atoms with Gasteiger partial charge in [0.25, 0.3) is 5.09 Å². The number of allylic oxidation sites excluding steroid dienone is 2. The van der Waals surface area contributed by atoms with Crippen molar-refractivity contribution in [3.63, 3.8) is 0 Å². The summed E-state index contributed by atoms with van der Waals surface area (Å²) in [6, 6.07) is 6.30. The summed E-state index contributed by atoms with van der Waals surface area (Å²) < 4.78 is 5.17. The molecule has 0 spiro atoms. The minimum Gasteiger partial charge on any atom is -0.423 e. The number of carbonyl (C=O) groups is 1. The number of ether oxygens (including phenoxy) is 1. The van der Waals surface area contributed by atoms with Gasteiger partial charge in [0.2, 0.25) is 0 Å². The van der Waals surface area contributed by atoms with E-state index in [2.05, 4.69) is 4.84 Å². The van der Waals surface area contributed by atoms with Gasteiger partial charge in [-0.1, -0.05) is 44.2 Å². The molecule has 0 atom stereocenters. The minimum absolute atomic E-state index is 0.139. The maximum Gasteiger partial charge on any atom is 0.343 e. The number of rotatable bonds is 6. The highest BCUT2D eigenvalue weighted by Crippen LogP contribution is 2.15. The summed E-state index contributed by atoms with van der Waals surface area (Å²) in [6.45, 7) is 7.41. The van der Waals surface area contributed by atoms with E-state index in [1.165, 1.54) is 0 Å². The fourth-order valence-electron chi connectivity index (χ4n) is 1.41. The molecule has 0 aliphatic carbocycles. The molecule has 0 heterocycles. The number of nitrogens with zero attached hydrogens (tertiary/aromatic N) is 1. The van der Waals surface area contributed by atoms with Crippen LogP contribution in [0.5, 0.6) is 5.75 Å². The van der Waals surface area contributed by atoms with Crippen molar-refractivity contribution in [2.45, 2.75) is 34.3 Å². The normalized spacial score (nSPS) is 10.6. The summed E-state index contributed by atoms with van der Waals surface area (Å²) in [6.07, 6.45) is 5.05. The smallest absolute Gasteiger partial charge is 0.343 e. The Morgan fingerprint density at radius 2 is 1.82 bits per heavy atom. The first-order valence-electron chi connectivity index (χ1n) is 6.94. The van der Waals surface area contributed by atoms with E-state index < -0.39 is 11.1 Å². The van der Waals surface area contributed by atoms with Crippen LogP contribution in [0.15, 0.2) is 48.1 Å². The highest BCUT2D eigenvalue weighted by atomic mass is 16.9. The zero-order chi connectivity index (χ0) is 17.0. The molecule has 1 aromatic rings. The molecule has 0 N–H and O–H groups in total. The van der Waals surface area contributed by atoms with Crippen molar-refractivity contribution in [1.82, 2.24) is 0 Å². The molecule has 0 radical (unpaired) electrons. The summed E-state index contributed by atoms with van der Waals surface area (Å²) in [5, 5.41) is 9.20. The van der Waals surface area contributed by atoms with E-state index in [4.69, 9.17) is 4.74 Å². The van der Waals surface area contributed by atoms with Crippen LogP contribution < -0.4 is 4.74 Å². The van der Waals surface area contributed by atoms with Gasteiger partial charge >= 0.3 is 5.97 Å². The van der Waals surface area contributed by atoms with Crippen LogP contribution in [-0.4, -0.2) is 11.1 Å². The van der Waals surface area contributed by atoms with Crippen LogP contribution in [0, 0.1) is 10.1 Å². The van der Waals surface area contributed by atoms with Gasteiger partial charge in [-0.05, 0) is 31.5 Å². The predicted octanol–water partition coefficient (Wildman–Crippen LogP) is 3.85. The van der Waals surface area contributed by atoms with Crippen LogP contribution in [0.4, 0.5) is 0 Å². The fraction of sp³-hybridized carbons (Fsp3) is 0.312. The fourth-order valence-corrected chi connectivity index (χ4v) is 1.41. The number of hydrogen-bond donors (Lipinski definition) is 0. The van der Waals surface area contributed by atoms with Crippen LogP contribution in [0.2, 0.25) is 0 Å². The van der Waals surface area contributed by atoms with Crippen LogP contribution in [0.1, 0.15) is 33.3 Å². The predicted molar refractivity (Wildman–Crippen MR) is 83.8 cm³/mol. The third kappa shape index (κ3) is 7.23. The first-order chi connectivity index (χ1) is 10.6. The van der Waals surface area contributed by atoms with E-state index in [1.807, 2.05) is 13.8 Å². The Balaban J connectivity index is 0.00000211. The van der Waals surface area contributed by atoms with Crippen LogP contribution in [0.25, 0.3) is 0 Å². The van der Waals surface area contributed by atoms with E-state index in [0.717, 1.165) is 0 Å². The van der Waals surface area contributed by atoms with Crippen LogP contribution >= 0.6 is 0 Å². The van der Waals surface area contributed by atoms with Gasteiger partial charge in [0.15, 0.2) is 0 Å². The van der Waals surface area contributed by atoms with Crippen molar-refractivity contribution in [2.75, 3.05) is 0 Å². The van der Waals surface area contributed by atoms with Gasteiger partial charge in [0.1, 0.15) is 12.4 Å². The van der Waals surface area contributed by atoms with Gasteiger partial charge in [-0.2, -0.15) is 0 Å². The van der Waals surface area contributed by atoms with Crippen molar-refractivity contribution >= 4 is 5.97 Å². The number of carbonyl (C=O) groups excluding carboxylic acids is 1. The zero-order valence-electron chi connectivity index (χ0n) is 13.2. The topological polar surface area (TPSA) is 78.7 Å². The Morgan fingerprint density at radius 1 is 1.23 bits per heavy atom. The largest absolute Gasteiger partial charge is 0.423 e. The average Bonchev–Trinajstić information content (AvgIpc) is 2.53. The van der Waals surface area contributed by atoms with Crippen molar-refractivity contribution in [1.29, 1.82) is 0 Å². The lowest BCUT2D eigenvalue weighted by Gasteiger charge is -2.05. The molecule has 0 aliphatic rings. The number of esters is 1. The molecule has 1 aromatic carbocycles. The molecule has 6 heteroatoms. The molecule has 22 heavy (non-hydrogen) atoms. The molecule has 0 unspecified atom stereocenters. The molecular formula is C16H21NO5. The molecule has 0 amide bonds. The van der Waals surface area contributed by atoms with Gasteiger partial charge in [-0.25, -0.2) is 4.79 Å². The first kappa shape index (κ1) is 19.4. The Kier molecular flexibility index (Phi) is 9.75. The Hall–Kier alpha value is -2.63. The van der Waals surface area contributed by atoms with E-state index in [0.29, 0.717) is 16.9 Å². The van der Waals surface area contributed by atoms with E-state index in [-0.39, 0.29) is 6.61 Å². The van der Waals surface area contributed by atoms with Crippen molar-refractivity contribution in [2.24, 2.45) is 0 Å². The van der Waals surface area contributed by atoms with Crippen molar-refractivity contribution < 1.29 is 19.5 Å². The van der Waals surface area contributed by atoms with Crippen LogP contribution in [-0.2, 0) is 16.2 Å². The molecule has 0 bridgehead atoms. The first-order valence-corrected chi connectivity index (χ1v) is 6.94. The molecule has 1 rings (SSSR count). The average molecular weight is 307 g/mol. The Bertz CT molecular complexity index is 532. The van der Waals surface area contributed by atoms with Gasteiger partial charge < -0.3 is 9.57 Å². The second-order valence-corrected chi connectivity index (χ2v) is 3.77. The highest BCUT2D eigenvalue weighted by molar-refractivity contribution is 5.92. The maximum atomic E-state index is 11.8. The number of benzene rings is 1. The molecule has 0 saturated carbocycles. The molecule has 6 nitrogen and oxygen atoms in total. The zero-order valence-corrected chi connectivity index (χ0v) is 13.2. The summed E-state index contributed by atoms with van der Waals surface area (Å²) in [5.74, 6) is -0.0939. The summed E-state index contributed by atoms with van der Waals surface area (Å²) in [5.41, 5.74) is 1.06. The lowest BCUT2D eigenvalue weighted by atomic mass is 10.2. The number of hydrogen-bond acceptors (Lipinski definition) is 5. The Labute approximate surface area is 130 Å². The minimum atomic E-state index is -0.858. The second kappa shape index (κ2) is 11.1. The maximum absolute atomic E-state index is 11.8. The van der Waals surface area contributed by atoms with Crippen LogP contribution in [0.3, 0.4) is 0 Å². The monoisotopic (exact) mass is 307 g/mol. The molecule has 0 aromatic heterocycles. The Morgan fingerprint density at radius 3 is 2.27 bits per heavy atom. The lowest BCUT2D eigenvalue weighted by Crippen LogP contribution is -2.09. The van der Waals surface area contributed by atoms with Crippen molar-refractivity contribution in [3.05, 3.63) is 63.7 Å². The SMILES string of the molecule is C/C=C\C(=C/C)C(=O)Oc1ccc(CO[N+](=O)[O-])cc1.CC. The summed E-state index contributed by atoms with van der Waals surface area (Å²) in [4.78, 5) is 26.1. The third-order valence-electron chi connectivity index (χ3n) is 2.36. The summed E-state index contributed by atoms with van der Waals surface area (Å²) >= 11 is 0. The van der Waals surface area contributed by atoms with Crippen molar-refractivity contribution in [3.8, 4) is 5.75 Å². The molecule has 0 aliphatic heterocycles. The quantitative estimate of drug-likeness (QED) is 0.199. The van der Waals surface area contributed by atoms with Gasteiger partial charge in [0, 0.05) is 0 Å². The summed E-state index contributed by atoms with van der Waals surface area (Å²) in [7, 11) is 0. The van der Waals surface area contributed by atoms with E-state index in [1.54, 1.807) is 56.3 Å². The highest BCUT2D eigenvalue weighted by Gasteiger charge is 2.08. The molecule has 0 fully saturated rings. The molecule has 120 valence electrons. The molecular weight excluding hydrogens is 286 g/mol. The van der Waals surface area contributed by atoms with Gasteiger partial charge in [-0.15, -0.1) is 10.1 Å². The third-order valence-corrected chi connectivity index (χ3v) is 2.36. The second-order valence-electron chi connectivity index (χ2n) is 3.77. The lowest BCUT2D eigenvalue weighted by molar-refractivity contribution is -0.763. The van der Waals surface area contributed by atoms with Gasteiger partial charge in [-0.3, -0.25) is 0 Å². The van der Waals surface area contributed by atoms with E-state index >= 15 is 0 Å². The van der Waals surface area contributed by atoms with Gasteiger partial charge in [0.05, 0.1) is 5.57 Å².